The van der Waals surface area contributed by atoms with Crippen LogP contribution in [-0.2, 0) is 25.4 Å². The van der Waals surface area contributed by atoms with Gasteiger partial charge in [-0.05, 0) is 44.0 Å². The van der Waals surface area contributed by atoms with Crippen molar-refractivity contribution in [1.29, 1.82) is 0 Å². The molecule has 0 bridgehead atoms. The number of halogens is 2. The molecule has 0 radical (unpaired) electrons. The highest BCUT2D eigenvalue weighted by molar-refractivity contribution is 9.10. The molecule has 0 amide bonds. The average molecular weight is 377 g/mol. The summed E-state index contributed by atoms with van der Waals surface area (Å²) in [4.78, 5) is 12.0. The third-order valence-corrected chi connectivity index (χ3v) is 3.58. The quantitative estimate of drug-likeness (QED) is 0.486. The van der Waals surface area contributed by atoms with Crippen LogP contribution in [0.4, 0.5) is 4.39 Å². The molecular formula is C16H22BrFO4. The van der Waals surface area contributed by atoms with Gasteiger partial charge in [-0.1, -0.05) is 15.9 Å². The largest absolute Gasteiger partial charge is 0.469 e. The van der Waals surface area contributed by atoms with Crippen LogP contribution in [0, 0.1) is 11.7 Å². The number of benzene rings is 1. The monoisotopic (exact) mass is 376 g/mol. The van der Waals surface area contributed by atoms with Gasteiger partial charge in [-0.15, -0.1) is 0 Å². The van der Waals surface area contributed by atoms with E-state index in [2.05, 4.69) is 15.9 Å². The lowest BCUT2D eigenvalue weighted by atomic mass is 9.96. The first-order chi connectivity index (χ1) is 10.5. The Bertz CT molecular complexity index is 455. The van der Waals surface area contributed by atoms with Gasteiger partial charge in [-0.25, -0.2) is 4.39 Å². The van der Waals surface area contributed by atoms with Gasteiger partial charge in [-0.3, -0.25) is 4.79 Å². The Kier molecular flexibility index (Phi) is 8.60. The minimum absolute atomic E-state index is 0.348. The fourth-order valence-electron chi connectivity index (χ4n) is 2.23. The second-order valence-corrected chi connectivity index (χ2v) is 5.69. The highest BCUT2D eigenvalue weighted by Crippen LogP contribution is 2.22. The molecule has 0 aliphatic heterocycles. The van der Waals surface area contributed by atoms with Crippen LogP contribution in [0.15, 0.2) is 22.7 Å². The molecule has 1 aromatic rings. The summed E-state index contributed by atoms with van der Waals surface area (Å²) in [5.41, 5.74) is 0.717. The molecule has 1 rings (SSSR count). The standard InChI is InChI=1S/C16H22BrFO4/c1-4-21-15(22-5-2)9-12(16(19)20-3)6-11-7-13(17)10-14(18)8-11/h7-8,10,12,15H,4-6,9H2,1-3H3. The lowest BCUT2D eigenvalue weighted by Gasteiger charge is -2.22. The molecule has 1 atom stereocenters. The average Bonchev–Trinajstić information content (AvgIpc) is 2.45. The number of hydrogen-bond acceptors (Lipinski definition) is 4. The van der Waals surface area contributed by atoms with Crippen molar-refractivity contribution in [2.45, 2.75) is 33.0 Å². The van der Waals surface area contributed by atoms with Gasteiger partial charge in [0.2, 0.25) is 0 Å². The van der Waals surface area contributed by atoms with Gasteiger partial charge in [0, 0.05) is 24.1 Å². The summed E-state index contributed by atoms with van der Waals surface area (Å²) in [7, 11) is 1.34. The molecule has 0 spiro atoms. The van der Waals surface area contributed by atoms with Crippen molar-refractivity contribution in [2.24, 2.45) is 5.92 Å². The third kappa shape index (κ3) is 6.42. The summed E-state index contributed by atoms with van der Waals surface area (Å²) >= 11 is 3.25. The maximum absolute atomic E-state index is 13.5. The number of rotatable bonds is 9. The van der Waals surface area contributed by atoms with Crippen molar-refractivity contribution < 1.29 is 23.4 Å². The van der Waals surface area contributed by atoms with E-state index in [0.29, 0.717) is 36.1 Å². The first-order valence-corrected chi connectivity index (χ1v) is 8.05. The highest BCUT2D eigenvalue weighted by Gasteiger charge is 2.25. The van der Waals surface area contributed by atoms with E-state index in [0.717, 1.165) is 0 Å². The number of hydrogen-bond donors (Lipinski definition) is 0. The number of methoxy groups -OCH3 is 1. The van der Waals surface area contributed by atoms with Gasteiger partial charge >= 0.3 is 5.97 Å². The number of carbonyl (C=O) groups excluding carboxylic acids is 1. The molecule has 0 aliphatic carbocycles. The molecule has 0 saturated carbocycles. The molecule has 22 heavy (non-hydrogen) atoms. The molecule has 0 aliphatic rings. The van der Waals surface area contributed by atoms with Crippen LogP contribution in [0.3, 0.4) is 0 Å². The van der Waals surface area contributed by atoms with E-state index in [1.807, 2.05) is 13.8 Å². The van der Waals surface area contributed by atoms with E-state index < -0.39 is 12.2 Å². The highest BCUT2D eigenvalue weighted by atomic mass is 79.9. The molecule has 0 N–H and O–H groups in total. The van der Waals surface area contributed by atoms with Crippen molar-refractivity contribution in [3.63, 3.8) is 0 Å². The summed E-state index contributed by atoms with van der Waals surface area (Å²) in [5.74, 6) is -1.16. The molecule has 0 aromatic heterocycles. The van der Waals surface area contributed by atoms with Gasteiger partial charge in [0.15, 0.2) is 6.29 Å². The van der Waals surface area contributed by atoms with E-state index in [1.54, 1.807) is 6.07 Å². The molecule has 124 valence electrons. The van der Waals surface area contributed by atoms with Crippen molar-refractivity contribution in [2.75, 3.05) is 20.3 Å². The molecule has 0 fully saturated rings. The predicted molar refractivity (Wildman–Crippen MR) is 85.0 cm³/mol. The SMILES string of the molecule is CCOC(CC(Cc1cc(F)cc(Br)c1)C(=O)OC)OCC. The van der Waals surface area contributed by atoms with Crippen LogP contribution in [0.1, 0.15) is 25.8 Å². The van der Waals surface area contributed by atoms with Gasteiger partial charge in [-0.2, -0.15) is 0 Å². The second kappa shape index (κ2) is 9.92. The normalized spacial score (nSPS) is 12.5. The van der Waals surface area contributed by atoms with E-state index in [4.69, 9.17) is 14.2 Å². The molecular weight excluding hydrogens is 355 g/mol. The van der Waals surface area contributed by atoms with Gasteiger partial charge in [0.1, 0.15) is 5.82 Å². The molecule has 4 nitrogen and oxygen atoms in total. The zero-order valence-electron chi connectivity index (χ0n) is 13.1. The number of esters is 1. The first-order valence-electron chi connectivity index (χ1n) is 7.26. The topological polar surface area (TPSA) is 44.8 Å². The minimum Gasteiger partial charge on any atom is -0.469 e. The summed E-state index contributed by atoms with van der Waals surface area (Å²) in [5, 5.41) is 0. The Labute approximate surface area is 139 Å². The van der Waals surface area contributed by atoms with Crippen molar-refractivity contribution in [3.05, 3.63) is 34.1 Å². The third-order valence-electron chi connectivity index (χ3n) is 3.12. The summed E-state index contributed by atoms with van der Waals surface area (Å²) in [6.45, 7) is 4.71. The predicted octanol–water partition coefficient (Wildman–Crippen LogP) is 3.71. The van der Waals surface area contributed by atoms with E-state index in [1.165, 1.54) is 19.2 Å². The Morgan fingerprint density at radius 1 is 1.23 bits per heavy atom. The zero-order chi connectivity index (χ0) is 16.5. The maximum atomic E-state index is 13.5. The molecule has 1 aromatic carbocycles. The van der Waals surface area contributed by atoms with Crippen LogP contribution in [-0.4, -0.2) is 32.6 Å². The Morgan fingerprint density at radius 3 is 2.36 bits per heavy atom. The zero-order valence-corrected chi connectivity index (χ0v) is 14.7. The van der Waals surface area contributed by atoms with Gasteiger partial charge < -0.3 is 14.2 Å². The van der Waals surface area contributed by atoms with Crippen molar-refractivity contribution in [1.82, 2.24) is 0 Å². The molecule has 0 saturated heterocycles. The fourth-order valence-corrected chi connectivity index (χ4v) is 2.74. The lowest BCUT2D eigenvalue weighted by Crippen LogP contribution is -2.28. The van der Waals surface area contributed by atoms with Crippen LogP contribution in [0.5, 0.6) is 0 Å². The minimum atomic E-state index is -0.476. The summed E-state index contributed by atoms with van der Waals surface area (Å²) in [6, 6.07) is 4.58. The smallest absolute Gasteiger partial charge is 0.309 e. The van der Waals surface area contributed by atoms with Crippen LogP contribution in [0.25, 0.3) is 0 Å². The Balaban J connectivity index is 2.85. The fraction of sp³-hybridized carbons (Fsp3) is 0.562. The molecule has 0 heterocycles. The first kappa shape index (κ1) is 19.1. The van der Waals surface area contributed by atoms with Crippen molar-refractivity contribution in [3.8, 4) is 0 Å². The van der Waals surface area contributed by atoms with Gasteiger partial charge in [0.25, 0.3) is 0 Å². The second-order valence-electron chi connectivity index (χ2n) is 4.78. The van der Waals surface area contributed by atoms with E-state index in [-0.39, 0.29) is 11.8 Å². The van der Waals surface area contributed by atoms with E-state index >= 15 is 0 Å². The number of ether oxygens (including phenoxy) is 3. The Hall–Kier alpha value is -0.980. The molecule has 1 unspecified atom stereocenters. The van der Waals surface area contributed by atoms with E-state index in [9.17, 15) is 9.18 Å². The Morgan fingerprint density at radius 2 is 1.86 bits per heavy atom. The lowest BCUT2D eigenvalue weighted by molar-refractivity contribution is -0.163. The summed E-state index contributed by atoms with van der Waals surface area (Å²) < 4.78 is 29.9. The van der Waals surface area contributed by atoms with Crippen LogP contribution >= 0.6 is 15.9 Å². The van der Waals surface area contributed by atoms with Crippen LogP contribution in [0.2, 0.25) is 0 Å². The van der Waals surface area contributed by atoms with Gasteiger partial charge in [0.05, 0.1) is 13.0 Å². The maximum Gasteiger partial charge on any atom is 0.309 e. The summed E-state index contributed by atoms with van der Waals surface area (Å²) in [6.07, 6.45) is 0.249. The van der Waals surface area contributed by atoms with Crippen molar-refractivity contribution >= 4 is 21.9 Å². The van der Waals surface area contributed by atoms with Crippen LogP contribution < -0.4 is 0 Å². The number of carbonyl (C=O) groups is 1. The molecule has 6 heteroatoms.